The molecule has 0 aliphatic heterocycles. The zero-order chi connectivity index (χ0) is 31.5. The smallest absolute Gasteiger partial charge is 0.348 e. The highest BCUT2D eigenvalue weighted by atomic mass is 32.2. The van der Waals surface area contributed by atoms with Gasteiger partial charge in [0.1, 0.15) is 15.6 Å². The van der Waals surface area contributed by atoms with Crippen LogP contribution in [0.1, 0.15) is 83.4 Å². The number of thiophene rings is 1. The Morgan fingerprint density at radius 2 is 1.68 bits per heavy atom. The number of rotatable bonds is 14. The summed E-state index contributed by atoms with van der Waals surface area (Å²) in [5.74, 6) is -0.676. The number of carbonyl (C=O) groups excluding carboxylic acids is 4. The normalized spacial score (nSPS) is 13.2. The van der Waals surface area contributed by atoms with E-state index in [9.17, 15) is 19.2 Å². The van der Waals surface area contributed by atoms with Gasteiger partial charge in [0.25, 0.3) is 5.91 Å². The van der Waals surface area contributed by atoms with Gasteiger partial charge in [0.15, 0.2) is 17.6 Å². The van der Waals surface area contributed by atoms with E-state index < -0.39 is 11.9 Å². The van der Waals surface area contributed by atoms with E-state index in [2.05, 4.69) is 20.8 Å². The number of benzene rings is 1. The Bertz CT molecular complexity index is 1450. The summed E-state index contributed by atoms with van der Waals surface area (Å²) in [5, 5.41) is 15.1. The van der Waals surface area contributed by atoms with Crippen molar-refractivity contribution in [2.24, 2.45) is 0 Å². The van der Waals surface area contributed by atoms with Crippen molar-refractivity contribution in [1.82, 2.24) is 20.1 Å². The van der Waals surface area contributed by atoms with Crippen molar-refractivity contribution in [2.45, 2.75) is 70.6 Å². The first-order valence-electron chi connectivity index (χ1n) is 14.6. The maximum Gasteiger partial charge on any atom is 0.348 e. The zero-order valence-corrected chi connectivity index (χ0v) is 26.7. The van der Waals surface area contributed by atoms with Crippen LogP contribution < -0.4 is 15.4 Å². The number of thioether (sulfide) groups is 1. The minimum Gasteiger partial charge on any atom is -0.484 e. The molecule has 0 unspecified atom stereocenters. The van der Waals surface area contributed by atoms with Crippen molar-refractivity contribution >= 4 is 51.9 Å². The van der Waals surface area contributed by atoms with Gasteiger partial charge in [0.2, 0.25) is 5.91 Å². The molecule has 4 rings (SSSR count). The Morgan fingerprint density at radius 3 is 2.39 bits per heavy atom. The second kappa shape index (κ2) is 16.2. The van der Waals surface area contributed by atoms with Gasteiger partial charge in [-0.15, -0.1) is 21.5 Å². The van der Waals surface area contributed by atoms with Crippen LogP contribution in [0, 0.1) is 6.92 Å². The Labute approximate surface area is 264 Å². The van der Waals surface area contributed by atoms with E-state index in [0.29, 0.717) is 22.3 Å². The highest BCUT2D eigenvalue weighted by Gasteiger charge is 2.28. The van der Waals surface area contributed by atoms with Crippen molar-refractivity contribution in [2.75, 3.05) is 30.9 Å². The van der Waals surface area contributed by atoms with E-state index in [1.165, 1.54) is 11.8 Å². The van der Waals surface area contributed by atoms with Gasteiger partial charge in [-0.3, -0.25) is 9.59 Å². The topological polar surface area (TPSA) is 151 Å². The number of ether oxygens (including phenoxy) is 3. The molecule has 1 aliphatic carbocycles. The molecule has 236 valence electrons. The molecule has 1 fully saturated rings. The molecule has 0 atom stereocenters. The van der Waals surface area contributed by atoms with E-state index >= 15 is 0 Å². The third kappa shape index (κ3) is 8.59. The van der Waals surface area contributed by atoms with Crippen LogP contribution in [0.2, 0.25) is 0 Å². The molecule has 0 radical (unpaired) electrons. The van der Waals surface area contributed by atoms with Gasteiger partial charge in [-0.2, -0.15) is 0 Å². The quantitative estimate of drug-likeness (QED) is 0.183. The van der Waals surface area contributed by atoms with Crippen molar-refractivity contribution in [1.29, 1.82) is 0 Å². The lowest BCUT2D eigenvalue weighted by Gasteiger charge is -2.25. The lowest BCUT2D eigenvalue weighted by Crippen LogP contribution is -2.30. The first-order chi connectivity index (χ1) is 21.3. The summed E-state index contributed by atoms with van der Waals surface area (Å²) in [7, 11) is 0. The number of para-hydroxylation sites is 1. The summed E-state index contributed by atoms with van der Waals surface area (Å²) in [6.07, 6.45) is 5.19. The lowest BCUT2D eigenvalue weighted by atomic mass is 9.95. The highest BCUT2D eigenvalue weighted by Crippen LogP contribution is 2.35. The van der Waals surface area contributed by atoms with Crippen molar-refractivity contribution in [3.8, 4) is 5.75 Å². The maximum atomic E-state index is 13.1. The molecule has 1 saturated carbocycles. The van der Waals surface area contributed by atoms with Crippen molar-refractivity contribution in [3.63, 3.8) is 0 Å². The monoisotopic (exact) mass is 643 g/mol. The third-order valence-electron chi connectivity index (χ3n) is 6.90. The molecule has 2 amide bonds. The molecule has 1 aliphatic rings. The minimum atomic E-state index is -0.627. The van der Waals surface area contributed by atoms with Crippen molar-refractivity contribution in [3.05, 3.63) is 52.2 Å². The minimum absolute atomic E-state index is 0.0178. The zero-order valence-electron chi connectivity index (χ0n) is 25.1. The fraction of sp³-hybridized carbons (Fsp3) is 0.467. The van der Waals surface area contributed by atoms with Crippen LogP contribution in [0.5, 0.6) is 5.75 Å². The van der Waals surface area contributed by atoms with Crippen LogP contribution >= 0.6 is 23.1 Å². The Morgan fingerprint density at radius 1 is 0.977 bits per heavy atom. The van der Waals surface area contributed by atoms with Gasteiger partial charge in [0, 0.05) is 6.04 Å². The second-order valence-corrected chi connectivity index (χ2v) is 11.9. The number of anilines is 1. The standard InChI is InChI=1S/C30H37N5O7S2/c1-4-40-28(38)25-19(3)26(29(39)41-5-2)44-27(25)32-24(37)18-43-30-34-33-22(35(30)20-12-8-6-9-13-20)16-31-23(36)17-42-21-14-10-7-11-15-21/h7,10-11,14-15,20H,4-6,8-9,12-13,16-18H2,1-3H3,(H,31,36)(H,32,37). The van der Waals surface area contributed by atoms with Gasteiger partial charge in [-0.25, -0.2) is 9.59 Å². The Balaban J connectivity index is 1.44. The fourth-order valence-corrected chi connectivity index (χ4v) is 6.79. The fourth-order valence-electron chi connectivity index (χ4n) is 4.86. The molecule has 14 heteroatoms. The molecule has 1 aromatic carbocycles. The van der Waals surface area contributed by atoms with Crippen LogP contribution in [0.3, 0.4) is 0 Å². The number of esters is 2. The number of amides is 2. The molecule has 0 saturated heterocycles. The van der Waals surface area contributed by atoms with Crippen molar-refractivity contribution < 1.29 is 33.4 Å². The summed E-state index contributed by atoms with van der Waals surface area (Å²) in [6, 6.07) is 9.25. The van der Waals surface area contributed by atoms with Crippen LogP contribution in [0.15, 0.2) is 35.5 Å². The van der Waals surface area contributed by atoms with Gasteiger partial charge in [-0.1, -0.05) is 49.2 Å². The number of nitrogens with zero attached hydrogens (tertiary/aromatic N) is 3. The molecule has 2 heterocycles. The molecule has 0 spiro atoms. The van der Waals surface area contributed by atoms with Gasteiger partial charge in [-0.05, 0) is 51.3 Å². The summed E-state index contributed by atoms with van der Waals surface area (Å²) in [6.45, 7) is 5.36. The molecule has 2 N–H and O–H groups in total. The summed E-state index contributed by atoms with van der Waals surface area (Å²) in [5.41, 5.74) is 0.533. The predicted octanol–water partition coefficient (Wildman–Crippen LogP) is 4.93. The van der Waals surface area contributed by atoms with Gasteiger partial charge >= 0.3 is 11.9 Å². The summed E-state index contributed by atoms with van der Waals surface area (Å²) in [4.78, 5) is 51.0. The SMILES string of the molecule is CCOC(=O)c1sc(NC(=O)CSc2nnc(CNC(=O)COc3ccccc3)n2C2CCCCC2)c(C(=O)OCC)c1C. The summed E-state index contributed by atoms with van der Waals surface area (Å²) >= 11 is 2.20. The first-order valence-corrected chi connectivity index (χ1v) is 16.4. The van der Waals surface area contributed by atoms with Gasteiger partial charge < -0.3 is 29.4 Å². The molecule has 0 bridgehead atoms. The predicted molar refractivity (Wildman–Crippen MR) is 166 cm³/mol. The maximum absolute atomic E-state index is 13.1. The number of aromatic nitrogens is 3. The third-order valence-corrected chi connectivity index (χ3v) is 9.03. The first kappa shape index (κ1) is 33.0. The summed E-state index contributed by atoms with van der Waals surface area (Å²) < 4.78 is 17.9. The van der Waals surface area contributed by atoms with E-state index in [0.717, 1.165) is 43.4 Å². The number of carbonyl (C=O) groups is 4. The van der Waals surface area contributed by atoms with E-state index in [4.69, 9.17) is 14.2 Å². The van der Waals surface area contributed by atoms with Crippen LogP contribution in [-0.4, -0.2) is 64.1 Å². The lowest BCUT2D eigenvalue weighted by molar-refractivity contribution is -0.123. The second-order valence-electron chi connectivity index (χ2n) is 9.98. The molecule has 2 aromatic heterocycles. The van der Waals surface area contributed by atoms with E-state index in [1.54, 1.807) is 32.9 Å². The van der Waals surface area contributed by atoms with Crippen LogP contribution in [0.4, 0.5) is 5.00 Å². The number of hydrogen-bond donors (Lipinski definition) is 2. The molecule has 12 nitrogen and oxygen atoms in total. The highest BCUT2D eigenvalue weighted by molar-refractivity contribution is 7.99. The number of nitrogens with one attached hydrogen (secondary N) is 2. The molecular weight excluding hydrogens is 606 g/mol. The van der Waals surface area contributed by atoms with Gasteiger partial charge in [0.05, 0.1) is 31.1 Å². The largest absolute Gasteiger partial charge is 0.484 e. The average molecular weight is 644 g/mol. The Kier molecular flexibility index (Phi) is 12.2. The van der Waals surface area contributed by atoms with E-state index in [-0.39, 0.29) is 65.4 Å². The molecule has 44 heavy (non-hydrogen) atoms. The molecule has 3 aromatic rings. The Hall–Kier alpha value is -3.91. The van der Waals surface area contributed by atoms with Crippen LogP contribution in [0.25, 0.3) is 0 Å². The van der Waals surface area contributed by atoms with E-state index in [1.807, 2.05) is 22.8 Å². The van der Waals surface area contributed by atoms with Crippen LogP contribution in [-0.2, 0) is 25.6 Å². The number of hydrogen-bond acceptors (Lipinski definition) is 11. The average Bonchev–Trinajstić information content (AvgIpc) is 3.59. The molecular formula is C30H37N5O7S2.